The van der Waals surface area contributed by atoms with Crippen molar-refractivity contribution in [3.63, 3.8) is 0 Å². The van der Waals surface area contributed by atoms with Crippen molar-refractivity contribution in [2.45, 2.75) is 46.3 Å². The first-order valence-corrected chi connectivity index (χ1v) is 7.88. The molecule has 0 aliphatic carbocycles. The molecule has 1 aliphatic heterocycles. The molecule has 1 aliphatic rings. The predicted octanol–water partition coefficient (Wildman–Crippen LogP) is 3.12. The van der Waals surface area contributed by atoms with Crippen molar-refractivity contribution in [1.29, 1.82) is 0 Å². The lowest BCUT2D eigenvalue weighted by Gasteiger charge is -2.35. The van der Waals surface area contributed by atoms with Crippen LogP contribution < -0.4 is 0 Å². The normalized spacial score (nSPS) is 18.7. The van der Waals surface area contributed by atoms with Crippen molar-refractivity contribution in [2.24, 2.45) is 0 Å². The second-order valence-corrected chi connectivity index (χ2v) is 6.95. The SMILES string of the molecule is Cc1ccc(C)c(C(=O)C2COCCN2C(=O)OC(C)(C)C)c1. The molecule has 5 nitrogen and oxygen atoms in total. The number of ketones is 1. The summed E-state index contributed by atoms with van der Waals surface area (Å²) in [4.78, 5) is 26.8. The Labute approximate surface area is 137 Å². The number of benzene rings is 1. The first kappa shape index (κ1) is 17.5. The van der Waals surface area contributed by atoms with Crippen molar-refractivity contribution in [3.8, 4) is 0 Å². The Hall–Kier alpha value is -1.88. The van der Waals surface area contributed by atoms with Gasteiger partial charge in [-0.3, -0.25) is 9.69 Å². The summed E-state index contributed by atoms with van der Waals surface area (Å²) < 4.78 is 10.9. The van der Waals surface area contributed by atoms with Gasteiger partial charge in [0.2, 0.25) is 0 Å². The fourth-order valence-corrected chi connectivity index (χ4v) is 2.54. The van der Waals surface area contributed by atoms with Crippen molar-refractivity contribution in [2.75, 3.05) is 19.8 Å². The van der Waals surface area contributed by atoms with Gasteiger partial charge in [-0.25, -0.2) is 4.79 Å². The molecule has 0 radical (unpaired) electrons. The fourth-order valence-electron chi connectivity index (χ4n) is 2.54. The molecule has 1 unspecified atom stereocenters. The van der Waals surface area contributed by atoms with Crippen LogP contribution in [-0.4, -0.2) is 48.2 Å². The zero-order valence-electron chi connectivity index (χ0n) is 14.5. The molecular formula is C18H25NO4. The van der Waals surface area contributed by atoms with E-state index in [1.165, 1.54) is 4.90 Å². The molecule has 0 N–H and O–H groups in total. The molecule has 5 heteroatoms. The number of carbonyl (C=O) groups excluding carboxylic acids is 2. The van der Waals surface area contributed by atoms with Gasteiger partial charge in [-0.1, -0.05) is 17.7 Å². The molecular weight excluding hydrogens is 294 g/mol. The molecule has 1 aromatic carbocycles. The number of morpholine rings is 1. The minimum Gasteiger partial charge on any atom is -0.444 e. The fraction of sp³-hybridized carbons (Fsp3) is 0.556. The highest BCUT2D eigenvalue weighted by atomic mass is 16.6. The van der Waals surface area contributed by atoms with Crippen LogP contribution in [0.3, 0.4) is 0 Å². The van der Waals surface area contributed by atoms with E-state index in [9.17, 15) is 9.59 Å². The lowest BCUT2D eigenvalue weighted by atomic mass is 9.96. The average Bonchev–Trinajstić information content (AvgIpc) is 2.47. The molecule has 1 atom stereocenters. The van der Waals surface area contributed by atoms with E-state index in [1.54, 1.807) is 0 Å². The minimum atomic E-state index is -0.640. The van der Waals surface area contributed by atoms with Crippen molar-refractivity contribution < 1.29 is 19.1 Å². The third-order valence-electron chi connectivity index (χ3n) is 3.72. The van der Waals surface area contributed by atoms with E-state index in [0.29, 0.717) is 18.7 Å². The van der Waals surface area contributed by atoms with Gasteiger partial charge in [0.15, 0.2) is 5.78 Å². The second kappa shape index (κ2) is 6.71. The third-order valence-corrected chi connectivity index (χ3v) is 3.72. The Balaban J connectivity index is 2.25. The summed E-state index contributed by atoms with van der Waals surface area (Å²) in [6.45, 7) is 10.2. The molecule has 2 rings (SSSR count). The van der Waals surface area contributed by atoms with Crippen LogP contribution in [0.5, 0.6) is 0 Å². The molecule has 1 fully saturated rings. The van der Waals surface area contributed by atoms with E-state index in [0.717, 1.165) is 11.1 Å². The van der Waals surface area contributed by atoms with Gasteiger partial charge in [0.05, 0.1) is 13.2 Å². The Morgan fingerprint density at radius 2 is 1.96 bits per heavy atom. The Bertz CT molecular complexity index is 604. The van der Waals surface area contributed by atoms with Crippen LogP contribution in [0, 0.1) is 13.8 Å². The molecule has 0 spiro atoms. The summed E-state index contributed by atoms with van der Waals surface area (Å²) in [5, 5.41) is 0. The number of ether oxygens (including phenoxy) is 2. The van der Waals surface area contributed by atoms with Crippen molar-refractivity contribution in [1.82, 2.24) is 4.90 Å². The van der Waals surface area contributed by atoms with Gasteiger partial charge < -0.3 is 9.47 Å². The zero-order valence-corrected chi connectivity index (χ0v) is 14.5. The lowest BCUT2D eigenvalue weighted by Crippen LogP contribution is -2.53. The predicted molar refractivity (Wildman–Crippen MR) is 87.8 cm³/mol. The molecule has 0 aromatic heterocycles. The first-order chi connectivity index (χ1) is 10.7. The van der Waals surface area contributed by atoms with Gasteiger partial charge in [-0.2, -0.15) is 0 Å². The standard InChI is InChI=1S/C18H25NO4/c1-12-6-7-13(2)14(10-12)16(20)15-11-22-9-8-19(15)17(21)23-18(3,4)5/h6-7,10,15H,8-9,11H2,1-5H3. The van der Waals surface area contributed by atoms with Crippen LogP contribution in [0.4, 0.5) is 4.79 Å². The quantitative estimate of drug-likeness (QED) is 0.786. The monoisotopic (exact) mass is 319 g/mol. The minimum absolute atomic E-state index is 0.100. The number of Topliss-reactive ketones (excluding diaryl/α,β-unsaturated/α-hetero) is 1. The van der Waals surface area contributed by atoms with Crippen molar-refractivity contribution in [3.05, 3.63) is 34.9 Å². The second-order valence-electron chi connectivity index (χ2n) is 6.95. The number of hydrogen-bond donors (Lipinski definition) is 0. The number of hydrogen-bond acceptors (Lipinski definition) is 4. The van der Waals surface area contributed by atoms with Crippen LogP contribution in [-0.2, 0) is 9.47 Å². The Kier molecular flexibility index (Phi) is 5.09. The van der Waals surface area contributed by atoms with E-state index in [1.807, 2.05) is 52.8 Å². The Morgan fingerprint density at radius 3 is 2.61 bits per heavy atom. The highest BCUT2D eigenvalue weighted by Crippen LogP contribution is 2.20. The highest BCUT2D eigenvalue weighted by Gasteiger charge is 2.36. The first-order valence-electron chi connectivity index (χ1n) is 7.88. The van der Waals surface area contributed by atoms with Crippen LogP contribution in [0.2, 0.25) is 0 Å². The van der Waals surface area contributed by atoms with Crippen LogP contribution in [0.15, 0.2) is 18.2 Å². The zero-order chi connectivity index (χ0) is 17.2. The molecule has 0 saturated carbocycles. The number of nitrogens with zero attached hydrogens (tertiary/aromatic N) is 1. The van der Waals surface area contributed by atoms with E-state index < -0.39 is 17.7 Å². The van der Waals surface area contributed by atoms with Gasteiger partial charge in [-0.05, 0) is 46.2 Å². The maximum absolute atomic E-state index is 12.9. The van der Waals surface area contributed by atoms with Gasteiger partial charge in [0.25, 0.3) is 0 Å². The maximum atomic E-state index is 12.9. The summed E-state index contributed by atoms with van der Waals surface area (Å²) >= 11 is 0. The van der Waals surface area contributed by atoms with E-state index >= 15 is 0 Å². The van der Waals surface area contributed by atoms with Gasteiger partial charge >= 0.3 is 6.09 Å². The van der Waals surface area contributed by atoms with E-state index in [2.05, 4.69) is 0 Å². The molecule has 1 aromatic rings. The molecule has 0 bridgehead atoms. The van der Waals surface area contributed by atoms with Crippen LogP contribution in [0.1, 0.15) is 42.3 Å². The van der Waals surface area contributed by atoms with Gasteiger partial charge in [0, 0.05) is 12.1 Å². The molecule has 23 heavy (non-hydrogen) atoms. The summed E-state index contributed by atoms with van der Waals surface area (Å²) in [7, 11) is 0. The van der Waals surface area contributed by atoms with E-state index in [4.69, 9.17) is 9.47 Å². The number of rotatable bonds is 2. The largest absolute Gasteiger partial charge is 0.444 e. The number of aryl methyl sites for hydroxylation is 2. The van der Waals surface area contributed by atoms with Crippen molar-refractivity contribution >= 4 is 11.9 Å². The number of amides is 1. The average molecular weight is 319 g/mol. The summed E-state index contributed by atoms with van der Waals surface area (Å²) in [6.07, 6.45) is -0.468. The molecule has 1 saturated heterocycles. The Morgan fingerprint density at radius 1 is 1.26 bits per heavy atom. The van der Waals surface area contributed by atoms with E-state index in [-0.39, 0.29) is 12.4 Å². The lowest BCUT2D eigenvalue weighted by molar-refractivity contribution is -0.0265. The highest BCUT2D eigenvalue weighted by molar-refractivity contribution is 6.03. The third kappa shape index (κ3) is 4.32. The maximum Gasteiger partial charge on any atom is 0.411 e. The summed E-state index contributed by atoms with van der Waals surface area (Å²) in [5.74, 6) is -0.100. The van der Waals surface area contributed by atoms with Crippen LogP contribution in [0.25, 0.3) is 0 Å². The molecule has 1 heterocycles. The van der Waals surface area contributed by atoms with Crippen LogP contribution >= 0.6 is 0 Å². The summed E-state index contributed by atoms with van der Waals surface area (Å²) in [5.41, 5.74) is 1.95. The van der Waals surface area contributed by atoms with Gasteiger partial charge in [0.1, 0.15) is 11.6 Å². The topological polar surface area (TPSA) is 55.8 Å². The smallest absolute Gasteiger partial charge is 0.411 e. The molecule has 1 amide bonds. The molecule has 126 valence electrons. The number of carbonyl (C=O) groups is 2. The van der Waals surface area contributed by atoms with Gasteiger partial charge in [-0.15, -0.1) is 0 Å². The summed E-state index contributed by atoms with van der Waals surface area (Å²) in [6, 6.07) is 5.11.